The molecule has 0 radical (unpaired) electrons. The van der Waals surface area contributed by atoms with Gasteiger partial charge in [0, 0.05) is 12.6 Å². The van der Waals surface area contributed by atoms with Gasteiger partial charge in [0.2, 0.25) is 5.91 Å². The van der Waals surface area contributed by atoms with Crippen molar-refractivity contribution in [2.75, 3.05) is 4.90 Å². The molecule has 0 aliphatic carbocycles. The average Bonchev–Trinajstić information content (AvgIpc) is 2.50. The minimum atomic E-state index is -2.20. The van der Waals surface area contributed by atoms with E-state index in [0.717, 1.165) is 5.69 Å². The van der Waals surface area contributed by atoms with Crippen LogP contribution in [0, 0.1) is 0 Å². The van der Waals surface area contributed by atoms with E-state index in [1.165, 1.54) is 6.92 Å². The number of amides is 1. The van der Waals surface area contributed by atoms with Crippen LogP contribution < -0.4 is 4.90 Å². The van der Waals surface area contributed by atoms with Gasteiger partial charge in [-0.05, 0) is 24.1 Å². The Morgan fingerprint density at radius 1 is 1.19 bits per heavy atom. The zero-order valence-electron chi connectivity index (χ0n) is 16.6. The maximum absolute atomic E-state index is 13.2. The Bertz CT molecular complexity index is 715. The second-order valence-electron chi connectivity index (χ2n) is 8.19. The molecule has 142 valence electrons. The highest BCUT2D eigenvalue weighted by molar-refractivity contribution is 7.80. The highest BCUT2D eigenvalue weighted by Crippen LogP contribution is 2.45. The lowest BCUT2D eigenvalue weighted by atomic mass is 10.0. The third kappa shape index (κ3) is 3.55. The predicted molar refractivity (Wildman–Crippen MR) is 111 cm³/mol. The standard InChI is InChI=1S/C19H28N2O3SSi/c1-13(25)20(15-11-9-8-10-12-15)16-17(23)21(18(16)24-14(2)22)26(6,7)19(3,4)5/h8-12,16,18H,1-7H3/t16-,18+/m1/s1. The smallest absolute Gasteiger partial charge is 0.304 e. The summed E-state index contributed by atoms with van der Waals surface area (Å²) in [5.74, 6) is -0.429. The molecule has 1 aromatic carbocycles. The van der Waals surface area contributed by atoms with Gasteiger partial charge in [-0.15, -0.1) is 0 Å². The monoisotopic (exact) mass is 392 g/mol. The Morgan fingerprint density at radius 2 is 1.73 bits per heavy atom. The van der Waals surface area contributed by atoms with Gasteiger partial charge in [-0.2, -0.15) is 0 Å². The number of thiocarbonyl (C=S) groups is 1. The number of nitrogens with zero attached hydrogens (tertiary/aromatic N) is 2. The maximum Gasteiger partial charge on any atom is 0.304 e. The quantitative estimate of drug-likeness (QED) is 0.336. The number of hydrogen-bond donors (Lipinski definition) is 0. The number of carbonyl (C=O) groups is 2. The predicted octanol–water partition coefficient (Wildman–Crippen LogP) is 3.95. The van der Waals surface area contributed by atoms with Crippen LogP contribution in [-0.2, 0) is 14.3 Å². The molecule has 5 nitrogen and oxygen atoms in total. The number of esters is 1. The lowest BCUT2D eigenvalue weighted by Crippen LogP contribution is -2.80. The van der Waals surface area contributed by atoms with Crippen LogP contribution in [0.3, 0.4) is 0 Å². The molecule has 1 aromatic rings. The fourth-order valence-corrected chi connectivity index (χ4v) is 5.51. The molecular formula is C19H28N2O3SSi. The Morgan fingerprint density at radius 3 is 2.15 bits per heavy atom. The van der Waals surface area contributed by atoms with Crippen LogP contribution in [0.1, 0.15) is 34.6 Å². The fourth-order valence-electron chi connectivity index (χ4n) is 3.06. The molecule has 26 heavy (non-hydrogen) atoms. The minimum Gasteiger partial charge on any atom is -0.440 e. The first-order valence-electron chi connectivity index (χ1n) is 8.75. The molecule has 1 aliphatic heterocycles. The van der Waals surface area contributed by atoms with Crippen molar-refractivity contribution in [3.8, 4) is 0 Å². The van der Waals surface area contributed by atoms with Gasteiger partial charge >= 0.3 is 5.97 Å². The Labute approximate surface area is 162 Å². The maximum atomic E-state index is 13.2. The first-order chi connectivity index (χ1) is 11.9. The molecule has 2 atom stereocenters. The van der Waals surface area contributed by atoms with E-state index in [1.54, 1.807) is 11.8 Å². The van der Waals surface area contributed by atoms with Crippen LogP contribution in [0.2, 0.25) is 18.1 Å². The summed E-state index contributed by atoms with van der Waals surface area (Å²) < 4.78 is 7.43. The van der Waals surface area contributed by atoms with Gasteiger partial charge in [0.05, 0.1) is 4.99 Å². The van der Waals surface area contributed by atoms with Crippen molar-refractivity contribution in [2.24, 2.45) is 0 Å². The second kappa shape index (κ2) is 7.11. The van der Waals surface area contributed by atoms with Gasteiger partial charge in [-0.3, -0.25) is 9.59 Å². The first kappa shape index (κ1) is 20.6. The van der Waals surface area contributed by atoms with Gasteiger partial charge in [-0.1, -0.05) is 64.3 Å². The lowest BCUT2D eigenvalue weighted by Gasteiger charge is -2.59. The molecule has 1 fully saturated rings. The first-order valence-corrected chi connectivity index (χ1v) is 12.1. The Kier molecular flexibility index (Phi) is 5.63. The summed E-state index contributed by atoms with van der Waals surface area (Å²) in [4.78, 5) is 27.4. The Hall–Kier alpha value is -1.73. The highest BCUT2D eigenvalue weighted by atomic mass is 32.1. The minimum absolute atomic E-state index is 0.0316. The van der Waals surface area contributed by atoms with Crippen molar-refractivity contribution in [2.45, 2.75) is 65.0 Å². The van der Waals surface area contributed by atoms with E-state index < -0.39 is 26.5 Å². The number of β-lactam (4-membered cyclic amide) rings is 1. The van der Waals surface area contributed by atoms with Crippen LogP contribution in [0.4, 0.5) is 5.69 Å². The van der Waals surface area contributed by atoms with Crippen LogP contribution in [0.5, 0.6) is 0 Å². The zero-order chi connectivity index (χ0) is 19.9. The Balaban J connectivity index is 2.46. The molecule has 0 unspecified atom stereocenters. The molecule has 1 saturated heterocycles. The van der Waals surface area contributed by atoms with Gasteiger partial charge in [0.25, 0.3) is 0 Å². The summed E-state index contributed by atoms with van der Waals surface area (Å²) in [6.45, 7) is 13.8. The van der Waals surface area contributed by atoms with Crippen molar-refractivity contribution in [1.29, 1.82) is 0 Å². The van der Waals surface area contributed by atoms with Crippen LogP contribution in [-0.4, -0.2) is 41.9 Å². The molecule has 1 aliphatic rings. The summed E-state index contributed by atoms with van der Waals surface area (Å²) in [5, 5.41) is -0.0592. The topological polar surface area (TPSA) is 49.9 Å². The van der Waals surface area contributed by atoms with Gasteiger partial charge in [0.15, 0.2) is 20.5 Å². The fraction of sp³-hybridized carbons (Fsp3) is 0.526. The molecule has 7 heteroatoms. The van der Waals surface area contributed by atoms with Crippen molar-refractivity contribution < 1.29 is 14.3 Å². The molecule has 0 spiro atoms. The van der Waals surface area contributed by atoms with E-state index in [0.29, 0.717) is 4.99 Å². The molecule has 0 N–H and O–H groups in total. The van der Waals surface area contributed by atoms with E-state index >= 15 is 0 Å². The van der Waals surface area contributed by atoms with Crippen LogP contribution in [0.25, 0.3) is 0 Å². The number of hydrogen-bond acceptors (Lipinski definition) is 4. The zero-order valence-corrected chi connectivity index (χ0v) is 18.4. The summed E-state index contributed by atoms with van der Waals surface area (Å²) >= 11 is 5.43. The normalized spacial score (nSPS) is 20.4. The number of rotatable bonds is 4. The number of anilines is 1. The van der Waals surface area contributed by atoms with E-state index in [9.17, 15) is 9.59 Å². The highest BCUT2D eigenvalue weighted by Gasteiger charge is 2.61. The number of para-hydroxylation sites is 1. The van der Waals surface area contributed by atoms with Crippen molar-refractivity contribution in [3.05, 3.63) is 30.3 Å². The third-order valence-corrected chi connectivity index (χ3v) is 10.9. The van der Waals surface area contributed by atoms with E-state index in [1.807, 2.05) is 34.9 Å². The molecule has 0 aromatic heterocycles. The van der Waals surface area contributed by atoms with Crippen molar-refractivity contribution >= 4 is 43.0 Å². The largest absolute Gasteiger partial charge is 0.440 e. The van der Waals surface area contributed by atoms with E-state index in [4.69, 9.17) is 17.0 Å². The van der Waals surface area contributed by atoms with Crippen LogP contribution >= 0.6 is 12.2 Å². The van der Waals surface area contributed by atoms with Gasteiger partial charge in [-0.25, -0.2) is 0 Å². The second-order valence-corrected chi connectivity index (χ2v) is 13.9. The number of carbonyl (C=O) groups excluding carboxylic acids is 2. The van der Waals surface area contributed by atoms with E-state index in [2.05, 4.69) is 33.9 Å². The molecule has 1 amide bonds. The summed E-state index contributed by atoms with van der Waals surface area (Å²) in [5.41, 5.74) is 0.824. The summed E-state index contributed by atoms with van der Waals surface area (Å²) in [6, 6.07) is 8.90. The molecular weight excluding hydrogens is 364 g/mol. The molecule has 2 rings (SSSR count). The average molecular weight is 393 g/mol. The number of ether oxygens (including phenoxy) is 1. The summed E-state index contributed by atoms with van der Waals surface area (Å²) in [6.07, 6.45) is -0.626. The molecule has 0 bridgehead atoms. The van der Waals surface area contributed by atoms with Crippen molar-refractivity contribution in [3.63, 3.8) is 0 Å². The lowest BCUT2D eigenvalue weighted by molar-refractivity contribution is -0.176. The number of benzene rings is 1. The van der Waals surface area contributed by atoms with Crippen molar-refractivity contribution in [1.82, 2.24) is 4.57 Å². The summed E-state index contributed by atoms with van der Waals surface area (Å²) in [7, 11) is -2.20. The van der Waals surface area contributed by atoms with Crippen LogP contribution in [0.15, 0.2) is 30.3 Å². The van der Waals surface area contributed by atoms with Gasteiger partial charge < -0.3 is 14.2 Å². The SMILES string of the molecule is CC(=O)O[C@H]1[C@H](N(C(C)=S)c2ccccc2)C(=O)N1[Si](C)(C)C(C)(C)C. The molecule has 1 heterocycles. The van der Waals surface area contributed by atoms with E-state index in [-0.39, 0.29) is 10.9 Å². The third-order valence-electron chi connectivity index (χ3n) is 5.39. The molecule has 0 saturated carbocycles. The van der Waals surface area contributed by atoms with Gasteiger partial charge in [0.1, 0.15) is 0 Å².